The average molecular weight is 605 g/mol. The number of amides is 3. The number of carbonyl (C=O) groups is 4. The number of ether oxygens (including phenoxy) is 1. The van der Waals surface area contributed by atoms with Crippen molar-refractivity contribution in [3.8, 4) is 11.1 Å². The van der Waals surface area contributed by atoms with Crippen LogP contribution in [0.2, 0.25) is 0 Å². The Labute approximate surface area is 234 Å². The van der Waals surface area contributed by atoms with E-state index in [1.165, 1.54) is 20.8 Å². The first-order valence-corrected chi connectivity index (χ1v) is 12.1. The fourth-order valence-electron chi connectivity index (χ4n) is 4.11. The lowest BCUT2D eigenvalue weighted by molar-refractivity contribution is -0.144. The molecule has 1 aliphatic rings. The third-order valence-corrected chi connectivity index (χ3v) is 6.00. The Morgan fingerprint density at radius 3 is 1.90 bits per heavy atom. The number of carbonyl (C=O) groups excluding carboxylic acids is 2. The number of benzene rings is 2. The van der Waals surface area contributed by atoms with Crippen LogP contribution >= 0.6 is 0 Å². The predicted octanol–water partition coefficient (Wildman–Crippen LogP) is 5.63. The van der Waals surface area contributed by atoms with Gasteiger partial charge in [-0.15, -0.1) is 0 Å². The molecular weight excluding hydrogens is 580 g/mol. The highest BCUT2D eigenvalue weighted by Crippen LogP contribution is 2.39. The number of aliphatic carboxylic acids is 1. The minimum Gasteiger partial charge on any atom is -0.480 e. The largest absolute Gasteiger partial charge is 0.480 e. The Kier molecular flexibility index (Phi) is 8.70. The van der Waals surface area contributed by atoms with Gasteiger partial charge in [0.15, 0.2) is 0 Å². The van der Waals surface area contributed by atoms with Crippen LogP contribution in [0.5, 0.6) is 0 Å². The van der Waals surface area contributed by atoms with Gasteiger partial charge in [0, 0.05) is 13.1 Å². The molecule has 42 heavy (non-hydrogen) atoms. The van der Waals surface area contributed by atoms with E-state index in [9.17, 15) is 55.7 Å². The van der Waals surface area contributed by atoms with Crippen LogP contribution in [0.4, 0.5) is 41.6 Å². The quantitative estimate of drug-likeness (QED) is 0.385. The number of piperazine rings is 1. The standard InChI is InChI=1S/C26H25F6N3O7/c1-24(2,3)42-22(39)33-18-5-4-13(14-8-15(25(27,28)29)11-16(9-14)26(30,31)32)10-17(18)20(36)35-7-6-34(23(40)41)12-19(35)21(37)38/h4-5,8-11,19H,6-7,12H2,1-3H3,(H,33,39)(H,37,38)(H,40,41). The minimum absolute atomic E-state index is 0.0621. The Morgan fingerprint density at radius 2 is 1.43 bits per heavy atom. The van der Waals surface area contributed by atoms with Crippen molar-refractivity contribution in [2.24, 2.45) is 0 Å². The van der Waals surface area contributed by atoms with Crippen molar-refractivity contribution < 1.29 is 60.5 Å². The number of rotatable bonds is 4. The number of nitrogens with zero attached hydrogens (tertiary/aromatic N) is 2. The van der Waals surface area contributed by atoms with Crippen LogP contribution in [0.1, 0.15) is 42.3 Å². The monoisotopic (exact) mass is 605 g/mol. The topological polar surface area (TPSA) is 136 Å². The van der Waals surface area contributed by atoms with E-state index in [-0.39, 0.29) is 23.9 Å². The molecule has 1 fully saturated rings. The Bertz CT molecular complexity index is 1370. The van der Waals surface area contributed by atoms with Gasteiger partial charge in [0.05, 0.1) is 28.9 Å². The molecule has 2 aromatic carbocycles. The zero-order valence-corrected chi connectivity index (χ0v) is 22.3. The van der Waals surface area contributed by atoms with Gasteiger partial charge in [0.25, 0.3) is 5.91 Å². The van der Waals surface area contributed by atoms with Crippen molar-refractivity contribution in [1.29, 1.82) is 0 Å². The fourth-order valence-corrected chi connectivity index (χ4v) is 4.11. The van der Waals surface area contributed by atoms with Crippen molar-refractivity contribution in [2.45, 2.75) is 44.8 Å². The summed E-state index contributed by atoms with van der Waals surface area (Å²) < 4.78 is 85.9. The van der Waals surface area contributed by atoms with Crippen LogP contribution in [0.3, 0.4) is 0 Å². The molecule has 0 radical (unpaired) electrons. The summed E-state index contributed by atoms with van der Waals surface area (Å²) >= 11 is 0. The van der Waals surface area contributed by atoms with E-state index in [0.29, 0.717) is 12.1 Å². The smallest absolute Gasteiger partial charge is 0.416 e. The molecular formula is C26H25F6N3O7. The van der Waals surface area contributed by atoms with Gasteiger partial charge < -0.3 is 24.7 Å². The molecule has 1 aliphatic heterocycles. The number of anilines is 1. The molecule has 3 amide bonds. The van der Waals surface area contributed by atoms with Crippen LogP contribution in [-0.2, 0) is 21.9 Å². The number of carboxylic acid groups (broad SMARTS) is 2. The number of nitrogens with one attached hydrogen (secondary N) is 1. The highest BCUT2D eigenvalue weighted by atomic mass is 19.4. The molecule has 1 atom stereocenters. The Hall–Kier alpha value is -4.50. The number of carboxylic acids is 1. The molecule has 0 aliphatic carbocycles. The summed E-state index contributed by atoms with van der Waals surface area (Å²) in [5, 5.41) is 21.2. The van der Waals surface area contributed by atoms with Gasteiger partial charge in [0.2, 0.25) is 0 Å². The first kappa shape index (κ1) is 32.0. The first-order valence-electron chi connectivity index (χ1n) is 12.1. The van der Waals surface area contributed by atoms with Crippen LogP contribution in [-0.4, -0.2) is 75.4 Å². The van der Waals surface area contributed by atoms with Crippen LogP contribution in [0.25, 0.3) is 11.1 Å². The van der Waals surface area contributed by atoms with Crippen molar-refractivity contribution in [1.82, 2.24) is 9.80 Å². The molecule has 228 valence electrons. The summed E-state index contributed by atoms with van der Waals surface area (Å²) in [6.07, 6.45) is -12.8. The molecule has 3 N–H and O–H groups in total. The summed E-state index contributed by atoms with van der Waals surface area (Å²) in [6.45, 7) is 3.28. The first-order chi connectivity index (χ1) is 19.2. The lowest BCUT2D eigenvalue weighted by Crippen LogP contribution is -2.59. The number of hydrogen-bond donors (Lipinski definition) is 3. The highest BCUT2D eigenvalue weighted by molar-refractivity contribution is 6.05. The van der Waals surface area contributed by atoms with E-state index < -0.39 is 83.4 Å². The molecule has 1 unspecified atom stereocenters. The van der Waals surface area contributed by atoms with Gasteiger partial charge in [-0.05, 0) is 62.2 Å². The second kappa shape index (κ2) is 11.4. The van der Waals surface area contributed by atoms with Crippen LogP contribution in [0, 0.1) is 0 Å². The van der Waals surface area contributed by atoms with Gasteiger partial charge in [-0.1, -0.05) is 6.07 Å². The number of halogens is 6. The zero-order valence-electron chi connectivity index (χ0n) is 22.3. The van der Waals surface area contributed by atoms with Gasteiger partial charge in [-0.25, -0.2) is 14.4 Å². The Balaban J connectivity index is 2.17. The minimum atomic E-state index is -5.15. The second-order valence-electron chi connectivity index (χ2n) is 10.3. The van der Waals surface area contributed by atoms with E-state index >= 15 is 0 Å². The molecule has 16 heteroatoms. The molecule has 0 bridgehead atoms. The van der Waals surface area contributed by atoms with Gasteiger partial charge in [-0.2, -0.15) is 26.3 Å². The summed E-state index contributed by atoms with van der Waals surface area (Å²) in [6, 6.07) is 2.17. The van der Waals surface area contributed by atoms with Crippen LogP contribution in [0.15, 0.2) is 36.4 Å². The number of hydrogen-bond acceptors (Lipinski definition) is 5. The van der Waals surface area contributed by atoms with Gasteiger partial charge >= 0.3 is 30.5 Å². The molecule has 3 rings (SSSR count). The van der Waals surface area contributed by atoms with E-state index in [0.717, 1.165) is 28.0 Å². The molecule has 0 spiro atoms. The predicted molar refractivity (Wildman–Crippen MR) is 134 cm³/mol. The second-order valence-corrected chi connectivity index (χ2v) is 10.3. The summed E-state index contributed by atoms with van der Waals surface area (Å²) in [5.74, 6) is -2.65. The van der Waals surface area contributed by atoms with E-state index in [1.807, 2.05) is 0 Å². The fraction of sp³-hybridized carbons (Fsp3) is 0.385. The summed E-state index contributed by atoms with van der Waals surface area (Å²) in [7, 11) is 0. The lowest BCUT2D eigenvalue weighted by Gasteiger charge is -2.38. The van der Waals surface area contributed by atoms with Crippen LogP contribution < -0.4 is 5.32 Å². The molecule has 10 nitrogen and oxygen atoms in total. The van der Waals surface area contributed by atoms with Crippen molar-refractivity contribution in [2.75, 3.05) is 25.0 Å². The molecule has 0 saturated carbocycles. The summed E-state index contributed by atoms with van der Waals surface area (Å²) in [5.41, 5.74) is -5.84. The average Bonchev–Trinajstić information content (AvgIpc) is 2.85. The molecule has 0 aromatic heterocycles. The third kappa shape index (κ3) is 7.61. The SMILES string of the molecule is CC(C)(C)OC(=O)Nc1ccc(-c2cc(C(F)(F)F)cc(C(F)(F)F)c2)cc1C(=O)N1CCN(C(=O)O)CC1C(=O)O. The zero-order chi connectivity index (χ0) is 31.8. The maximum Gasteiger partial charge on any atom is 0.416 e. The third-order valence-electron chi connectivity index (χ3n) is 6.00. The maximum absolute atomic E-state index is 13.7. The normalized spacial score (nSPS) is 16.2. The van der Waals surface area contributed by atoms with Gasteiger partial charge in [0.1, 0.15) is 11.6 Å². The molecule has 2 aromatic rings. The van der Waals surface area contributed by atoms with Crippen molar-refractivity contribution in [3.63, 3.8) is 0 Å². The molecule has 1 saturated heterocycles. The highest BCUT2D eigenvalue weighted by Gasteiger charge is 2.39. The van der Waals surface area contributed by atoms with E-state index in [4.69, 9.17) is 4.74 Å². The van der Waals surface area contributed by atoms with E-state index in [2.05, 4.69) is 5.32 Å². The van der Waals surface area contributed by atoms with Crippen molar-refractivity contribution >= 4 is 29.8 Å². The van der Waals surface area contributed by atoms with E-state index in [1.54, 1.807) is 0 Å². The lowest BCUT2D eigenvalue weighted by atomic mass is 9.96. The number of alkyl halides is 6. The maximum atomic E-state index is 13.7. The molecule has 1 heterocycles. The summed E-state index contributed by atoms with van der Waals surface area (Å²) in [4.78, 5) is 51.0. The van der Waals surface area contributed by atoms with Crippen molar-refractivity contribution in [3.05, 3.63) is 53.1 Å². The Morgan fingerprint density at radius 1 is 0.857 bits per heavy atom. The van der Waals surface area contributed by atoms with Gasteiger partial charge in [-0.3, -0.25) is 10.1 Å².